The maximum Gasteiger partial charge on any atom is 0.137 e. The minimum atomic E-state index is 0.743. The van der Waals surface area contributed by atoms with Crippen LogP contribution in [0.2, 0.25) is 0 Å². The predicted octanol–water partition coefficient (Wildman–Crippen LogP) is 3.31. The van der Waals surface area contributed by atoms with Gasteiger partial charge < -0.3 is 4.98 Å². The predicted molar refractivity (Wildman–Crippen MR) is 80.0 cm³/mol. The van der Waals surface area contributed by atoms with Gasteiger partial charge in [-0.1, -0.05) is 19.9 Å². The number of hydrogen-bond acceptors (Lipinski definition) is 2. The van der Waals surface area contributed by atoms with Crippen molar-refractivity contribution in [1.29, 1.82) is 0 Å². The smallest absolute Gasteiger partial charge is 0.137 e. The molecule has 0 aliphatic carbocycles. The summed E-state index contributed by atoms with van der Waals surface area (Å²) in [5.74, 6) is 0.743. The molecule has 3 nitrogen and oxygen atoms in total. The number of fused-ring (bicyclic) bond motifs is 1. The lowest BCUT2D eigenvalue weighted by Gasteiger charge is -2.28. The molecule has 0 saturated heterocycles. The third kappa shape index (κ3) is 2.56. The maximum absolute atomic E-state index is 4.36. The first-order chi connectivity index (χ1) is 9.24. The second-order valence-corrected chi connectivity index (χ2v) is 5.73. The van der Waals surface area contributed by atoms with Gasteiger partial charge in [0.1, 0.15) is 5.65 Å². The van der Waals surface area contributed by atoms with Crippen LogP contribution in [-0.2, 0) is 0 Å². The molecule has 0 bridgehead atoms. The van der Waals surface area contributed by atoms with Crippen molar-refractivity contribution < 1.29 is 0 Å². The number of rotatable bonds is 3. The lowest BCUT2D eigenvalue weighted by molar-refractivity contribution is 0.268. The highest BCUT2D eigenvalue weighted by molar-refractivity contribution is 5.90. The molecule has 2 aromatic heterocycles. The molecule has 0 amide bonds. The van der Waals surface area contributed by atoms with E-state index in [1.54, 1.807) is 0 Å². The van der Waals surface area contributed by atoms with E-state index in [4.69, 9.17) is 0 Å². The van der Waals surface area contributed by atoms with Gasteiger partial charge in [-0.3, -0.25) is 4.90 Å². The Morgan fingerprint density at radius 3 is 3.00 bits per heavy atom. The summed E-state index contributed by atoms with van der Waals surface area (Å²) in [5.41, 5.74) is 3.80. The zero-order valence-corrected chi connectivity index (χ0v) is 11.7. The van der Waals surface area contributed by atoms with Crippen molar-refractivity contribution in [1.82, 2.24) is 14.9 Å². The van der Waals surface area contributed by atoms with E-state index in [1.807, 2.05) is 12.4 Å². The molecule has 1 aliphatic rings. The van der Waals surface area contributed by atoms with Crippen molar-refractivity contribution in [2.75, 3.05) is 19.6 Å². The molecule has 3 rings (SSSR count). The summed E-state index contributed by atoms with van der Waals surface area (Å²) >= 11 is 0. The van der Waals surface area contributed by atoms with Gasteiger partial charge in [0, 0.05) is 37.4 Å². The molecule has 0 atom stereocenters. The number of hydrogen-bond donors (Lipinski definition) is 1. The normalized spacial score (nSPS) is 17.1. The number of nitrogens with zero attached hydrogens (tertiary/aromatic N) is 2. The molecular formula is C16H21N3. The van der Waals surface area contributed by atoms with Gasteiger partial charge in [0.15, 0.2) is 0 Å². The van der Waals surface area contributed by atoms with Crippen molar-refractivity contribution in [3.05, 3.63) is 36.2 Å². The Hall–Kier alpha value is -1.61. The minimum absolute atomic E-state index is 0.743. The third-order valence-electron chi connectivity index (χ3n) is 3.72. The Kier molecular flexibility index (Phi) is 3.38. The number of nitrogens with one attached hydrogen (secondary N) is 1. The van der Waals surface area contributed by atoms with Gasteiger partial charge in [-0.25, -0.2) is 4.98 Å². The van der Waals surface area contributed by atoms with Crippen LogP contribution in [0.25, 0.3) is 16.6 Å². The Balaban J connectivity index is 1.84. The van der Waals surface area contributed by atoms with Crippen molar-refractivity contribution in [3.63, 3.8) is 0 Å². The fraction of sp³-hybridized carbons (Fsp3) is 0.438. The highest BCUT2D eigenvalue weighted by atomic mass is 15.1. The molecule has 0 saturated carbocycles. The average molecular weight is 255 g/mol. The van der Waals surface area contributed by atoms with E-state index >= 15 is 0 Å². The number of pyridine rings is 1. The van der Waals surface area contributed by atoms with E-state index in [0.717, 1.165) is 31.1 Å². The molecule has 1 aliphatic heterocycles. The molecule has 100 valence electrons. The first-order valence-electron chi connectivity index (χ1n) is 7.08. The molecule has 0 aromatic carbocycles. The van der Waals surface area contributed by atoms with Crippen LogP contribution in [0.5, 0.6) is 0 Å². The van der Waals surface area contributed by atoms with Crippen LogP contribution < -0.4 is 0 Å². The Bertz CT molecular complexity index is 595. The van der Waals surface area contributed by atoms with Crippen LogP contribution in [0.15, 0.2) is 30.6 Å². The number of aromatic amines is 1. The minimum Gasteiger partial charge on any atom is -0.346 e. The molecule has 1 N–H and O–H groups in total. The maximum atomic E-state index is 4.36. The van der Waals surface area contributed by atoms with Crippen molar-refractivity contribution >= 4 is 16.6 Å². The van der Waals surface area contributed by atoms with Gasteiger partial charge >= 0.3 is 0 Å². The second kappa shape index (κ2) is 5.17. The molecule has 0 unspecified atom stereocenters. The van der Waals surface area contributed by atoms with Crippen molar-refractivity contribution in [2.45, 2.75) is 20.3 Å². The number of aromatic nitrogens is 2. The lowest BCUT2D eigenvalue weighted by atomic mass is 9.97. The van der Waals surface area contributed by atoms with Gasteiger partial charge in [-0.15, -0.1) is 0 Å². The first-order valence-corrected chi connectivity index (χ1v) is 7.08. The van der Waals surface area contributed by atoms with Crippen LogP contribution >= 0.6 is 0 Å². The molecule has 3 heteroatoms. The number of H-pyrrole nitrogens is 1. The molecule has 0 fully saturated rings. The molecule has 19 heavy (non-hydrogen) atoms. The Labute approximate surface area is 114 Å². The zero-order valence-electron chi connectivity index (χ0n) is 11.7. The molecule has 3 heterocycles. The van der Waals surface area contributed by atoms with Crippen LogP contribution in [-0.4, -0.2) is 34.5 Å². The first kappa shape index (κ1) is 12.4. The highest BCUT2D eigenvalue weighted by Crippen LogP contribution is 2.27. The van der Waals surface area contributed by atoms with E-state index in [2.05, 4.69) is 46.9 Å². The van der Waals surface area contributed by atoms with E-state index < -0.39 is 0 Å². The monoisotopic (exact) mass is 255 g/mol. The van der Waals surface area contributed by atoms with Gasteiger partial charge in [0.05, 0.1) is 0 Å². The Morgan fingerprint density at radius 2 is 2.26 bits per heavy atom. The zero-order chi connectivity index (χ0) is 13.2. The fourth-order valence-electron chi connectivity index (χ4n) is 2.88. The van der Waals surface area contributed by atoms with Gasteiger partial charge in [0.25, 0.3) is 0 Å². The molecule has 0 radical (unpaired) electrons. The molecule has 2 aromatic rings. The van der Waals surface area contributed by atoms with Gasteiger partial charge in [0.2, 0.25) is 0 Å². The lowest BCUT2D eigenvalue weighted by Crippen LogP contribution is -2.31. The Morgan fingerprint density at radius 1 is 1.37 bits per heavy atom. The summed E-state index contributed by atoms with van der Waals surface area (Å²) in [5, 5.41) is 1.24. The van der Waals surface area contributed by atoms with E-state index in [9.17, 15) is 0 Å². The van der Waals surface area contributed by atoms with Crippen LogP contribution in [0, 0.1) is 5.92 Å². The summed E-state index contributed by atoms with van der Waals surface area (Å²) < 4.78 is 0. The van der Waals surface area contributed by atoms with Crippen LogP contribution in [0.3, 0.4) is 0 Å². The van der Waals surface area contributed by atoms with E-state index in [-0.39, 0.29) is 0 Å². The third-order valence-corrected chi connectivity index (χ3v) is 3.72. The standard InChI is InChI=1S/C16H21N3/c1-12(2)11-19-9-5-13(6-10-19)14-3-7-17-16-15(14)4-8-18-16/h3-5,7-8,12H,6,9-11H2,1-2H3,(H,17,18). The average Bonchev–Trinajstić information content (AvgIpc) is 2.87. The van der Waals surface area contributed by atoms with Crippen LogP contribution in [0.1, 0.15) is 25.8 Å². The topological polar surface area (TPSA) is 31.9 Å². The van der Waals surface area contributed by atoms with Gasteiger partial charge in [-0.2, -0.15) is 0 Å². The summed E-state index contributed by atoms with van der Waals surface area (Å²) in [6.07, 6.45) is 7.38. The summed E-state index contributed by atoms with van der Waals surface area (Å²) in [6.45, 7) is 8.00. The summed E-state index contributed by atoms with van der Waals surface area (Å²) in [7, 11) is 0. The largest absolute Gasteiger partial charge is 0.346 e. The molecule has 0 spiro atoms. The molecular weight excluding hydrogens is 234 g/mol. The van der Waals surface area contributed by atoms with Crippen LogP contribution in [0.4, 0.5) is 0 Å². The van der Waals surface area contributed by atoms with E-state index in [1.165, 1.54) is 23.1 Å². The van der Waals surface area contributed by atoms with Gasteiger partial charge in [-0.05, 0) is 35.6 Å². The highest BCUT2D eigenvalue weighted by Gasteiger charge is 2.15. The van der Waals surface area contributed by atoms with Crippen molar-refractivity contribution in [3.8, 4) is 0 Å². The quantitative estimate of drug-likeness (QED) is 0.912. The van der Waals surface area contributed by atoms with E-state index in [0.29, 0.717) is 0 Å². The summed E-state index contributed by atoms with van der Waals surface area (Å²) in [6, 6.07) is 4.26. The fourth-order valence-corrected chi connectivity index (χ4v) is 2.88. The SMILES string of the molecule is CC(C)CN1CC=C(c2ccnc3[nH]ccc23)CC1. The second-order valence-electron chi connectivity index (χ2n) is 5.73. The summed E-state index contributed by atoms with van der Waals surface area (Å²) in [4.78, 5) is 10.1. The van der Waals surface area contributed by atoms with Crippen molar-refractivity contribution in [2.24, 2.45) is 5.92 Å².